The number of allylic oxidation sites excluding steroid dienone is 2. The van der Waals surface area contributed by atoms with Gasteiger partial charge in [0, 0.05) is 31.8 Å². The molecule has 1 aromatic rings. The Kier molecular flexibility index (Phi) is 12.9. The minimum absolute atomic E-state index is 0.0388. The summed E-state index contributed by atoms with van der Waals surface area (Å²) in [6.45, 7) is 9.96. The molecule has 0 aliphatic carbocycles. The Morgan fingerprint density at radius 1 is 1.20 bits per heavy atom. The van der Waals surface area contributed by atoms with Crippen molar-refractivity contribution in [3.63, 3.8) is 0 Å². The van der Waals surface area contributed by atoms with Crippen LogP contribution in [0.5, 0.6) is 0 Å². The number of amides is 2. The van der Waals surface area contributed by atoms with E-state index in [2.05, 4.69) is 10.3 Å². The van der Waals surface area contributed by atoms with Crippen LogP contribution in [0.25, 0.3) is 0 Å². The third-order valence-corrected chi connectivity index (χ3v) is 7.19. The van der Waals surface area contributed by atoms with E-state index in [0.717, 1.165) is 18.3 Å². The van der Waals surface area contributed by atoms with Gasteiger partial charge in [0.05, 0.1) is 6.42 Å². The van der Waals surface area contributed by atoms with E-state index in [1.165, 1.54) is 11.0 Å². The highest BCUT2D eigenvalue weighted by Gasteiger charge is 2.33. The van der Waals surface area contributed by atoms with Gasteiger partial charge in [0.1, 0.15) is 30.0 Å². The lowest BCUT2D eigenvalue weighted by Gasteiger charge is -2.27. The molecule has 0 spiro atoms. The van der Waals surface area contributed by atoms with Crippen LogP contribution in [0.3, 0.4) is 0 Å². The Morgan fingerprint density at radius 2 is 1.98 bits per heavy atom. The van der Waals surface area contributed by atoms with E-state index >= 15 is 0 Å². The zero-order valence-corrected chi connectivity index (χ0v) is 26.2. The number of nitrogens with zero attached hydrogens (tertiary/aromatic N) is 2. The summed E-state index contributed by atoms with van der Waals surface area (Å²) in [5, 5.41) is 2.77. The molecule has 3 rings (SSSR count). The molecule has 0 fully saturated rings. The van der Waals surface area contributed by atoms with Gasteiger partial charge in [-0.1, -0.05) is 64.0 Å². The molecule has 1 N–H and O–H groups in total. The molecule has 3 atom stereocenters. The quantitative estimate of drug-likeness (QED) is 0.480. The van der Waals surface area contributed by atoms with Crippen molar-refractivity contribution in [2.75, 3.05) is 13.1 Å². The lowest BCUT2D eigenvalue weighted by molar-refractivity contribution is -0.150. The number of esters is 2. The summed E-state index contributed by atoms with van der Waals surface area (Å²) in [6, 6.07) is 0. The second-order valence-electron chi connectivity index (χ2n) is 11.4. The summed E-state index contributed by atoms with van der Waals surface area (Å²) in [4.78, 5) is 69.8. The van der Waals surface area contributed by atoms with Crippen molar-refractivity contribution in [2.24, 2.45) is 11.8 Å². The number of aromatic nitrogens is 1. The lowest BCUT2D eigenvalue weighted by Crippen LogP contribution is -2.36. The largest absolute Gasteiger partial charge is 0.458 e. The van der Waals surface area contributed by atoms with Gasteiger partial charge in [-0.25, -0.2) is 9.78 Å². The molecular formula is C33H43N3O8. The number of fused-ring (bicyclic) bond motifs is 3. The molecule has 2 bridgehead atoms. The van der Waals surface area contributed by atoms with E-state index in [1.54, 1.807) is 37.3 Å². The number of carbonyl (C=O) groups is 5. The number of hydrogen-bond donors (Lipinski definition) is 1. The molecule has 2 aliphatic heterocycles. The summed E-state index contributed by atoms with van der Waals surface area (Å²) in [6.07, 6.45) is 11.6. The van der Waals surface area contributed by atoms with E-state index in [9.17, 15) is 24.0 Å². The fraction of sp³-hybridized carbons (Fsp3) is 0.515. The zero-order valence-electron chi connectivity index (χ0n) is 26.2. The van der Waals surface area contributed by atoms with Crippen molar-refractivity contribution in [1.29, 1.82) is 0 Å². The van der Waals surface area contributed by atoms with Gasteiger partial charge < -0.3 is 24.1 Å². The van der Waals surface area contributed by atoms with Gasteiger partial charge in [-0.2, -0.15) is 0 Å². The molecular weight excluding hydrogens is 566 g/mol. The van der Waals surface area contributed by atoms with Gasteiger partial charge in [0.15, 0.2) is 5.69 Å². The standard InChI is InChI=1S/C33H43N3O8/c1-6-7-12-30(39)43-25-17-22(4)10-8-15-34-28(38)14-13-23(5)31(21(2)3)44-33(41)27-11-9-16-36(27)32(40)26-20-42-29(35-26)19-24(37)18-25/h8,10-11,13-14,17,20-21,23,25,31H,6-7,9,12,15-16,18-19H2,1-5H3,(H,34,38)/b10-8+,14-13+,22-17+/t23-,25-,31-/m1/s1. The van der Waals surface area contributed by atoms with Gasteiger partial charge >= 0.3 is 11.9 Å². The fourth-order valence-corrected chi connectivity index (χ4v) is 4.94. The molecule has 11 nitrogen and oxygen atoms in total. The highest BCUT2D eigenvalue weighted by molar-refractivity contribution is 6.00. The molecule has 0 saturated heterocycles. The summed E-state index contributed by atoms with van der Waals surface area (Å²) >= 11 is 0. The van der Waals surface area contributed by atoms with Crippen LogP contribution < -0.4 is 5.32 Å². The smallest absolute Gasteiger partial charge is 0.355 e. The van der Waals surface area contributed by atoms with Crippen LogP contribution in [0.1, 0.15) is 83.1 Å². The van der Waals surface area contributed by atoms with Gasteiger partial charge in [-0.3, -0.25) is 19.2 Å². The molecule has 11 heteroatoms. The zero-order chi connectivity index (χ0) is 32.2. The third kappa shape index (κ3) is 10.2. The molecule has 0 saturated carbocycles. The number of unbranched alkanes of at least 4 members (excludes halogenated alkanes) is 1. The number of hydrogen-bond acceptors (Lipinski definition) is 9. The average Bonchev–Trinajstić information content (AvgIpc) is 3.65. The Balaban J connectivity index is 1.89. The van der Waals surface area contributed by atoms with Crippen LogP contribution >= 0.6 is 0 Å². The summed E-state index contributed by atoms with van der Waals surface area (Å²) in [7, 11) is 0. The number of rotatable bonds is 5. The molecule has 2 amide bonds. The van der Waals surface area contributed by atoms with Crippen molar-refractivity contribution in [3.8, 4) is 0 Å². The maximum Gasteiger partial charge on any atom is 0.355 e. The van der Waals surface area contributed by atoms with Crippen molar-refractivity contribution >= 4 is 29.5 Å². The highest BCUT2D eigenvalue weighted by Crippen LogP contribution is 2.24. The van der Waals surface area contributed by atoms with Crippen molar-refractivity contribution in [2.45, 2.75) is 85.4 Å². The summed E-state index contributed by atoms with van der Waals surface area (Å²) in [5.41, 5.74) is 0.802. The van der Waals surface area contributed by atoms with Gasteiger partial charge in [-0.15, -0.1) is 0 Å². The van der Waals surface area contributed by atoms with E-state index in [0.29, 0.717) is 12.8 Å². The second kappa shape index (κ2) is 16.5. The Hall–Kier alpha value is -4.28. The normalized spacial score (nSPS) is 25.3. The van der Waals surface area contributed by atoms with Crippen LogP contribution in [0.15, 0.2) is 58.4 Å². The minimum Gasteiger partial charge on any atom is -0.458 e. The fourth-order valence-electron chi connectivity index (χ4n) is 4.94. The van der Waals surface area contributed by atoms with Gasteiger partial charge in [0.2, 0.25) is 11.8 Å². The van der Waals surface area contributed by atoms with Crippen molar-refractivity contribution in [3.05, 3.63) is 65.6 Å². The Morgan fingerprint density at radius 3 is 2.70 bits per heavy atom. The monoisotopic (exact) mass is 609 g/mol. The SMILES string of the molecule is CCCCC(=O)O[C@@H]1/C=C(C)/C=C/CNC(=O)/C=C/[C@@H](C)[C@@H](C(C)C)OC(=O)C2=CCCN2C(=O)c2coc(n2)CC(=O)C1. The number of nitrogens with one attached hydrogen (secondary N) is 1. The molecule has 44 heavy (non-hydrogen) atoms. The molecule has 0 unspecified atom stereocenters. The van der Waals surface area contributed by atoms with E-state index in [4.69, 9.17) is 13.9 Å². The Labute approximate surface area is 258 Å². The van der Waals surface area contributed by atoms with Crippen LogP contribution in [0.4, 0.5) is 0 Å². The first-order chi connectivity index (χ1) is 21.0. The molecule has 0 radical (unpaired) electrons. The minimum atomic E-state index is -0.814. The van der Waals surface area contributed by atoms with Crippen LogP contribution in [0, 0.1) is 11.8 Å². The van der Waals surface area contributed by atoms with Crippen molar-refractivity contribution < 1.29 is 37.9 Å². The predicted octanol–water partition coefficient (Wildman–Crippen LogP) is 4.40. The first-order valence-corrected chi connectivity index (χ1v) is 15.2. The molecule has 2 aliphatic rings. The number of carbonyl (C=O) groups excluding carboxylic acids is 5. The lowest BCUT2D eigenvalue weighted by atomic mass is 9.94. The first-order valence-electron chi connectivity index (χ1n) is 15.2. The second-order valence-corrected chi connectivity index (χ2v) is 11.4. The topological polar surface area (TPSA) is 145 Å². The molecule has 0 aromatic carbocycles. The first kappa shape index (κ1) is 34.2. The Bertz CT molecular complexity index is 1340. The highest BCUT2D eigenvalue weighted by atomic mass is 16.5. The number of oxazole rings is 1. The number of ketones is 1. The maximum absolute atomic E-state index is 13.3. The summed E-state index contributed by atoms with van der Waals surface area (Å²) < 4.78 is 16.9. The van der Waals surface area contributed by atoms with Gasteiger partial charge in [0.25, 0.3) is 5.91 Å². The number of cyclic esters (lactones) is 1. The van der Waals surface area contributed by atoms with E-state index in [1.807, 2.05) is 27.7 Å². The van der Waals surface area contributed by atoms with Crippen LogP contribution in [-0.2, 0) is 35.1 Å². The van der Waals surface area contributed by atoms with Gasteiger partial charge in [-0.05, 0) is 37.8 Å². The maximum atomic E-state index is 13.3. The van der Waals surface area contributed by atoms with E-state index in [-0.39, 0.29) is 73.2 Å². The van der Waals surface area contributed by atoms with Crippen molar-refractivity contribution in [1.82, 2.24) is 15.2 Å². The third-order valence-electron chi connectivity index (χ3n) is 7.19. The molecule has 1 aromatic heterocycles. The van der Waals surface area contributed by atoms with E-state index < -0.39 is 30.1 Å². The molecule has 3 heterocycles. The molecule has 238 valence electrons. The average molecular weight is 610 g/mol. The number of Topliss-reactive ketones (excluding diaryl/α,β-unsaturated/α-hetero) is 1. The van der Waals surface area contributed by atoms with Crippen LogP contribution in [0.2, 0.25) is 0 Å². The summed E-state index contributed by atoms with van der Waals surface area (Å²) in [5.74, 6) is -2.53. The van der Waals surface area contributed by atoms with Crippen LogP contribution in [-0.4, -0.2) is 64.7 Å². The predicted molar refractivity (Wildman–Crippen MR) is 162 cm³/mol. The number of ether oxygens (including phenoxy) is 2.